The van der Waals surface area contributed by atoms with E-state index >= 15 is 0 Å². The number of hydrogen-bond donors (Lipinski definition) is 1. The fraction of sp³-hybridized carbons (Fsp3) is 0.111. The monoisotopic (exact) mass is 286 g/mol. The minimum absolute atomic E-state index is 0.0823. The van der Waals surface area contributed by atoms with Crippen molar-refractivity contribution in [2.45, 2.75) is 6.92 Å². The van der Waals surface area contributed by atoms with Crippen LogP contribution in [0, 0.1) is 3.70 Å². The lowest BCUT2D eigenvalue weighted by molar-refractivity contribution is 0.101. The number of fused-ring (bicyclic) bond motifs is 1. The predicted molar refractivity (Wildman–Crippen MR) is 58.8 cm³/mol. The summed E-state index contributed by atoms with van der Waals surface area (Å²) in [5, 5.41) is 7.94. The smallest absolute Gasteiger partial charge is 0.159 e. The minimum atomic E-state index is 0.0823. The van der Waals surface area contributed by atoms with Gasteiger partial charge in [0, 0.05) is 10.9 Å². The van der Waals surface area contributed by atoms with Crippen molar-refractivity contribution in [2.24, 2.45) is 0 Å². The van der Waals surface area contributed by atoms with Crippen LogP contribution >= 0.6 is 22.6 Å². The van der Waals surface area contributed by atoms with Gasteiger partial charge in [-0.05, 0) is 47.7 Å². The van der Waals surface area contributed by atoms with Crippen LogP contribution in [0.2, 0.25) is 0 Å². The van der Waals surface area contributed by atoms with Gasteiger partial charge < -0.3 is 0 Å². The van der Waals surface area contributed by atoms with E-state index in [1.165, 1.54) is 0 Å². The van der Waals surface area contributed by atoms with E-state index in [-0.39, 0.29) is 5.78 Å². The van der Waals surface area contributed by atoms with Crippen LogP contribution in [-0.4, -0.2) is 16.0 Å². The number of nitrogens with zero attached hydrogens (tertiary/aromatic N) is 1. The third kappa shape index (κ3) is 1.46. The van der Waals surface area contributed by atoms with Crippen molar-refractivity contribution in [1.82, 2.24) is 10.2 Å². The molecule has 0 fully saturated rings. The van der Waals surface area contributed by atoms with Gasteiger partial charge in [-0.1, -0.05) is 0 Å². The Labute approximate surface area is 88.7 Å². The van der Waals surface area contributed by atoms with Crippen LogP contribution in [0.4, 0.5) is 0 Å². The SMILES string of the molecule is CC(=O)c1ccc2[nH]nc(I)c2c1. The summed E-state index contributed by atoms with van der Waals surface area (Å²) in [6.45, 7) is 1.56. The average Bonchev–Trinajstić information content (AvgIpc) is 2.47. The summed E-state index contributed by atoms with van der Waals surface area (Å²) in [6, 6.07) is 5.54. The average molecular weight is 286 g/mol. The summed E-state index contributed by atoms with van der Waals surface area (Å²) in [4.78, 5) is 11.1. The van der Waals surface area contributed by atoms with Gasteiger partial charge in [0.15, 0.2) is 5.78 Å². The highest BCUT2D eigenvalue weighted by Gasteiger charge is 2.05. The minimum Gasteiger partial charge on any atom is -0.295 e. The van der Waals surface area contributed by atoms with Gasteiger partial charge in [-0.2, -0.15) is 5.10 Å². The first-order chi connectivity index (χ1) is 6.18. The number of hydrogen-bond acceptors (Lipinski definition) is 2. The third-order valence-corrected chi connectivity index (χ3v) is 2.75. The lowest BCUT2D eigenvalue weighted by atomic mass is 10.1. The molecule has 0 amide bonds. The molecule has 0 aliphatic heterocycles. The largest absolute Gasteiger partial charge is 0.295 e. The van der Waals surface area contributed by atoms with Gasteiger partial charge in [0.1, 0.15) is 3.70 Å². The van der Waals surface area contributed by atoms with E-state index in [0.29, 0.717) is 0 Å². The number of rotatable bonds is 1. The summed E-state index contributed by atoms with van der Waals surface area (Å²) in [5.41, 5.74) is 1.70. The number of nitrogens with one attached hydrogen (secondary N) is 1. The van der Waals surface area contributed by atoms with Crippen LogP contribution in [-0.2, 0) is 0 Å². The van der Waals surface area contributed by atoms with Gasteiger partial charge in [0.25, 0.3) is 0 Å². The highest BCUT2D eigenvalue weighted by Crippen LogP contribution is 2.19. The van der Waals surface area contributed by atoms with E-state index in [1.807, 2.05) is 12.1 Å². The Morgan fingerprint density at radius 1 is 1.54 bits per heavy atom. The van der Waals surface area contributed by atoms with E-state index < -0.39 is 0 Å². The highest BCUT2D eigenvalue weighted by atomic mass is 127. The Morgan fingerprint density at radius 3 is 3.00 bits per heavy atom. The second kappa shape index (κ2) is 3.10. The summed E-state index contributed by atoms with van der Waals surface area (Å²) in [6.07, 6.45) is 0. The molecule has 0 aliphatic carbocycles. The van der Waals surface area contributed by atoms with Crippen molar-refractivity contribution in [1.29, 1.82) is 0 Å². The quantitative estimate of drug-likeness (QED) is 0.646. The van der Waals surface area contributed by atoms with Crippen molar-refractivity contribution < 1.29 is 4.79 Å². The Hall–Kier alpha value is -0.910. The lowest BCUT2D eigenvalue weighted by Gasteiger charge is -1.94. The highest BCUT2D eigenvalue weighted by molar-refractivity contribution is 14.1. The zero-order chi connectivity index (χ0) is 9.42. The lowest BCUT2D eigenvalue weighted by Crippen LogP contribution is -1.90. The molecule has 1 N–H and O–H groups in total. The summed E-state index contributed by atoms with van der Waals surface area (Å²) in [5.74, 6) is 0.0823. The van der Waals surface area contributed by atoms with Gasteiger partial charge in [0.05, 0.1) is 5.52 Å². The zero-order valence-corrected chi connectivity index (χ0v) is 9.12. The van der Waals surface area contributed by atoms with E-state index in [9.17, 15) is 4.79 Å². The van der Waals surface area contributed by atoms with Crippen LogP contribution in [0.25, 0.3) is 10.9 Å². The van der Waals surface area contributed by atoms with Crippen LogP contribution in [0.5, 0.6) is 0 Å². The van der Waals surface area contributed by atoms with Gasteiger partial charge >= 0.3 is 0 Å². The number of H-pyrrole nitrogens is 1. The first kappa shape index (κ1) is 8.68. The third-order valence-electron chi connectivity index (χ3n) is 1.92. The number of aromatic amines is 1. The predicted octanol–water partition coefficient (Wildman–Crippen LogP) is 2.37. The number of halogens is 1. The van der Waals surface area contributed by atoms with Crippen molar-refractivity contribution in [2.75, 3.05) is 0 Å². The number of carbonyl (C=O) groups excluding carboxylic acids is 1. The standard InChI is InChI=1S/C9H7IN2O/c1-5(13)6-2-3-8-7(4-6)9(10)12-11-8/h2-4H,1H3,(H,11,12). The topological polar surface area (TPSA) is 45.8 Å². The Kier molecular flexibility index (Phi) is 2.07. The number of carbonyl (C=O) groups is 1. The normalized spacial score (nSPS) is 10.6. The molecule has 2 aromatic rings. The number of aromatic nitrogens is 2. The fourth-order valence-corrected chi connectivity index (χ4v) is 1.77. The second-order valence-electron chi connectivity index (χ2n) is 2.83. The maximum atomic E-state index is 11.1. The van der Waals surface area contributed by atoms with Crippen molar-refractivity contribution in [3.8, 4) is 0 Å². The number of Topliss-reactive ketones (excluding diaryl/α,β-unsaturated/α-hetero) is 1. The van der Waals surface area contributed by atoms with Crippen LogP contribution in [0.1, 0.15) is 17.3 Å². The van der Waals surface area contributed by atoms with Gasteiger partial charge in [-0.25, -0.2) is 0 Å². The molecule has 1 aromatic heterocycles. The van der Waals surface area contributed by atoms with Gasteiger partial charge in [0.2, 0.25) is 0 Å². The molecule has 13 heavy (non-hydrogen) atoms. The molecule has 0 radical (unpaired) electrons. The molecular weight excluding hydrogens is 279 g/mol. The molecule has 66 valence electrons. The van der Waals surface area contributed by atoms with Crippen molar-refractivity contribution in [3.63, 3.8) is 0 Å². The van der Waals surface area contributed by atoms with E-state index in [0.717, 1.165) is 20.2 Å². The van der Waals surface area contributed by atoms with Crippen LogP contribution < -0.4 is 0 Å². The maximum absolute atomic E-state index is 11.1. The van der Waals surface area contributed by atoms with Gasteiger partial charge in [-0.15, -0.1) is 0 Å². The molecule has 0 spiro atoms. The molecule has 0 saturated carbocycles. The van der Waals surface area contributed by atoms with Crippen LogP contribution in [0.15, 0.2) is 18.2 Å². The molecule has 0 aliphatic rings. The molecule has 0 atom stereocenters. The van der Waals surface area contributed by atoms with E-state index in [4.69, 9.17) is 0 Å². The molecule has 1 heterocycles. The first-order valence-corrected chi connectivity index (χ1v) is 4.91. The fourth-order valence-electron chi connectivity index (χ4n) is 1.20. The summed E-state index contributed by atoms with van der Waals surface area (Å²) >= 11 is 2.14. The van der Waals surface area contributed by atoms with Crippen molar-refractivity contribution in [3.05, 3.63) is 27.5 Å². The molecule has 4 heteroatoms. The number of benzene rings is 1. The first-order valence-electron chi connectivity index (χ1n) is 3.83. The zero-order valence-electron chi connectivity index (χ0n) is 6.97. The maximum Gasteiger partial charge on any atom is 0.159 e. The van der Waals surface area contributed by atoms with Crippen molar-refractivity contribution >= 4 is 39.3 Å². The molecular formula is C9H7IN2O. The molecule has 3 nitrogen and oxygen atoms in total. The molecule has 0 bridgehead atoms. The Bertz CT molecular complexity index is 475. The van der Waals surface area contributed by atoms with Crippen LogP contribution in [0.3, 0.4) is 0 Å². The molecule has 1 aromatic carbocycles. The van der Waals surface area contributed by atoms with E-state index in [2.05, 4.69) is 32.8 Å². The summed E-state index contributed by atoms with van der Waals surface area (Å²) in [7, 11) is 0. The Morgan fingerprint density at radius 2 is 2.31 bits per heavy atom. The van der Waals surface area contributed by atoms with E-state index in [1.54, 1.807) is 13.0 Å². The molecule has 2 rings (SSSR count). The Balaban J connectivity index is 2.72. The summed E-state index contributed by atoms with van der Waals surface area (Å²) < 4.78 is 0.899. The molecule has 0 unspecified atom stereocenters. The second-order valence-corrected chi connectivity index (χ2v) is 3.85. The number of ketones is 1. The van der Waals surface area contributed by atoms with Gasteiger partial charge in [-0.3, -0.25) is 9.89 Å². The molecule has 0 saturated heterocycles.